The van der Waals surface area contributed by atoms with Crippen LogP contribution in [-0.4, -0.2) is 40.9 Å². The lowest BCUT2D eigenvalue weighted by Gasteiger charge is -2.22. The maximum Gasteiger partial charge on any atom is 0.408 e. The molecular formula is C24H30N2O5S. The maximum absolute atomic E-state index is 12.8. The monoisotopic (exact) mass is 458 g/mol. The summed E-state index contributed by atoms with van der Waals surface area (Å²) in [6.45, 7) is 3.84. The van der Waals surface area contributed by atoms with Crippen LogP contribution in [0.2, 0.25) is 0 Å². The Bertz CT molecular complexity index is 861. The quantitative estimate of drug-likeness (QED) is 0.447. The van der Waals surface area contributed by atoms with E-state index in [9.17, 15) is 19.5 Å². The number of thioether (sulfide) groups is 1. The molecule has 32 heavy (non-hydrogen) atoms. The first kappa shape index (κ1) is 25.3. The van der Waals surface area contributed by atoms with Crippen molar-refractivity contribution in [1.29, 1.82) is 0 Å². The van der Waals surface area contributed by atoms with Gasteiger partial charge in [0.25, 0.3) is 0 Å². The van der Waals surface area contributed by atoms with Crippen molar-refractivity contribution in [2.24, 2.45) is 5.92 Å². The van der Waals surface area contributed by atoms with Crippen LogP contribution in [0.25, 0.3) is 0 Å². The lowest BCUT2D eigenvalue weighted by atomic mass is 10.0. The number of carboxylic acid groups (broad SMARTS) is 1. The summed E-state index contributed by atoms with van der Waals surface area (Å²) in [4.78, 5) is 36.7. The van der Waals surface area contributed by atoms with Gasteiger partial charge in [-0.2, -0.15) is 11.8 Å². The summed E-state index contributed by atoms with van der Waals surface area (Å²) in [5.74, 6) is -0.634. The average Bonchev–Trinajstić information content (AvgIpc) is 2.77. The van der Waals surface area contributed by atoms with Crippen molar-refractivity contribution in [3.05, 3.63) is 71.8 Å². The third kappa shape index (κ3) is 9.43. The Hall–Kier alpha value is -3.00. The fourth-order valence-electron chi connectivity index (χ4n) is 2.92. The molecular weight excluding hydrogens is 428 g/mol. The first-order valence-electron chi connectivity index (χ1n) is 10.5. The molecule has 3 N–H and O–H groups in total. The van der Waals surface area contributed by atoms with Gasteiger partial charge in [-0.15, -0.1) is 0 Å². The Balaban J connectivity index is 1.98. The van der Waals surface area contributed by atoms with Crippen molar-refractivity contribution in [2.45, 2.75) is 44.7 Å². The van der Waals surface area contributed by atoms with Crippen molar-refractivity contribution in [1.82, 2.24) is 10.6 Å². The summed E-state index contributed by atoms with van der Waals surface area (Å²) in [5, 5.41) is 14.6. The number of carbonyl (C=O) groups excluding carboxylic acids is 2. The zero-order valence-electron chi connectivity index (χ0n) is 18.3. The van der Waals surface area contributed by atoms with E-state index in [2.05, 4.69) is 10.6 Å². The fraction of sp³-hybridized carbons (Fsp3) is 0.375. The van der Waals surface area contributed by atoms with Gasteiger partial charge in [-0.1, -0.05) is 74.5 Å². The van der Waals surface area contributed by atoms with Gasteiger partial charge in [-0.05, 0) is 23.5 Å². The Kier molecular flexibility index (Phi) is 10.6. The highest BCUT2D eigenvalue weighted by Gasteiger charge is 2.27. The molecule has 172 valence electrons. The van der Waals surface area contributed by atoms with Gasteiger partial charge in [0.15, 0.2) is 0 Å². The first-order chi connectivity index (χ1) is 15.3. The van der Waals surface area contributed by atoms with E-state index in [1.165, 1.54) is 11.8 Å². The number of aliphatic carboxylic acids is 1. The molecule has 2 aromatic carbocycles. The normalized spacial score (nSPS) is 12.6. The number of hydrogen-bond donors (Lipinski definition) is 3. The molecule has 2 aromatic rings. The second-order valence-electron chi connectivity index (χ2n) is 7.79. The lowest BCUT2D eigenvalue weighted by Crippen LogP contribution is -2.53. The van der Waals surface area contributed by atoms with E-state index in [0.29, 0.717) is 12.2 Å². The molecule has 0 fully saturated rings. The SMILES string of the molecule is CC(C)C[C@@H](NC(=O)[C@H](CSCc1ccccc1)NC(=O)OCc1ccccc1)C(=O)O. The standard InChI is InChI=1S/C24H30N2O5S/c1-17(2)13-20(23(28)29)25-22(27)21(16-32-15-19-11-7-4-8-12-19)26-24(30)31-14-18-9-5-3-6-10-18/h3-12,17,20-21H,13-16H2,1-2H3,(H,25,27)(H,26,30)(H,28,29)/t20-,21+/m1/s1. The van der Waals surface area contributed by atoms with E-state index in [0.717, 1.165) is 11.1 Å². The molecule has 0 bridgehead atoms. The van der Waals surface area contributed by atoms with Crippen molar-refractivity contribution >= 4 is 29.7 Å². The number of ether oxygens (including phenoxy) is 1. The molecule has 2 atom stereocenters. The second-order valence-corrected chi connectivity index (χ2v) is 8.82. The highest BCUT2D eigenvalue weighted by atomic mass is 32.2. The van der Waals surface area contributed by atoms with Crippen LogP contribution in [0.3, 0.4) is 0 Å². The molecule has 0 aliphatic carbocycles. The van der Waals surface area contributed by atoms with Crippen molar-refractivity contribution in [3.63, 3.8) is 0 Å². The van der Waals surface area contributed by atoms with Crippen molar-refractivity contribution < 1.29 is 24.2 Å². The number of hydrogen-bond acceptors (Lipinski definition) is 5. The molecule has 0 unspecified atom stereocenters. The smallest absolute Gasteiger partial charge is 0.408 e. The molecule has 0 saturated carbocycles. The zero-order valence-corrected chi connectivity index (χ0v) is 19.1. The molecule has 8 heteroatoms. The minimum atomic E-state index is -1.10. The van der Waals surface area contributed by atoms with Crippen molar-refractivity contribution in [3.8, 4) is 0 Å². The maximum atomic E-state index is 12.8. The minimum Gasteiger partial charge on any atom is -0.480 e. The molecule has 0 saturated heterocycles. The van der Waals surface area contributed by atoms with Gasteiger partial charge in [0, 0.05) is 11.5 Å². The fourth-order valence-corrected chi connectivity index (χ4v) is 3.94. The summed E-state index contributed by atoms with van der Waals surface area (Å²) in [7, 11) is 0. The molecule has 0 spiro atoms. The van der Waals surface area contributed by atoms with Crippen LogP contribution in [0.5, 0.6) is 0 Å². The van der Waals surface area contributed by atoms with Crippen LogP contribution in [-0.2, 0) is 26.7 Å². The topological polar surface area (TPSA) is 105 Å². The van der Waals surface area contributed by atoms with Gasteiger partial charge in [-0.3, -0.25) is 4.79 Å². The molecule has 2 amide bonds. The first-order valence-corrected chi connectivity index (χ1v) is 11.6. The van der Waals surface area contributed by atoms with E-state index in [1.807, 2.05) is 74.5 Å². The largest absolute Gasteiger partial charge is 0.480 e. The highest BCUT2D eigenvalue weighted by Crippen LogP contribution is 2.14. The van der Waals surface area contributed by atoms with E-state index in [-0.39, 0.29) is 18.3 Å². The average molecular weight is 459 g/mol. The highest BCUT2D eigenvalue weighted by molar-refractivity contribution is 7.98. The van der Waals surface area contributed by atoms with Crippen LogP contribution >= 0.6 is 11.8 Å². The molecule has 2 rings (SSSR count). The summed E-state index contributed by atoms with van der Waals surface area (Å²) in [6, 6.07) is 17.0. The summed E-state index contributed by atoms with van der Waals surface area (Å²) in [5.41, 5.74) is 1.91. The Morgan fingerprint density at radius 3 is 2.06 bits per heavy atom. The number of alkyl carbamates (subject to hydrolysis) is 1. The Labute approximate surface area is 192 Å². The van der Waals surface area contributed by atoms with Gasteiger partial charge in [0.1, 0.15) is 18.7 Å². The van der Waals surface area contributed by atoms with Crippen LogP contribution < -0.4 is 10.6 Å². The van der Waals surface area contributed by atoms with Gasteiger partial charge in [-0.25, -0.2) is 9.59 Å². The summed E-state index contributed by atoms with van der Waals surface area (Å²) >= 11 is 1.47. The van der Waals surface area contributed by atoms with Crippen LogP contribution in [0, 0.1) is 5.92 Å². The summed E-state index contributed by atoms with van der Waals surface area (Å²) < 4.78 is 5.23. The molecule has 0 aromatic heterocycles. The number of benzene rings is 2. The zero-order chi connectivity index (χ0) is 23.3. The minimum absolute atomic E-state index is 0.0727. The van der Waals surface area contributed by atoms with E-state index in [1.54, 1.807) is 0 Å². The Morgan fingerprint density at radius 2 is 1.50 bits per heavy atom. The number of nitrogens with one attached hydrogen (secondary N) is 2. The number of carboxylic acids is 1. The summed E-state index contributed by atoms with van der Waals surface area (Å²) in [6.07, 6.45) is -0.436. The van der Waals surface area contributed by atoms with Gasteiger partial charge >= 0.3 is 12.1 Å². The predicted octanol–water partition coefficient (Wildman–Crippen LogP) is 3.83. The van der Waals surface area contributed by atoms with E-state index >= 15 is 0 Å². The third-order valence-electron chi connectivity index (χ3n) is 4.54. The van der Waals surface area contributed by atoms with Crippen molar-refractivity contribution in [2.75, 3.05) is 5.75 Å². The third-order valence-corrected chi connectivity index (χ3v) is 5.65. The number of carbonyl (C=O) groups is 3. The van der Waals surface area contributed by atoms with Gasteiger partial charge in [0.2, 0.25) is 5.91 Å². The van der Waals surface area contributed by atoms with Gasteiger partial charge in [0.05, 0.1) is 0 Å². The van der Waals surface area contributed by atoms with E-state index < -0.39 is 30.1 Å². The number of rotatable bonds is 12. The second kappa shape index (κ2) is 13.4. The lowest BCUT2D eigenvalue weighted by molar-refractivity contribution is -0.142. The Morgan fingerprint density at radius 1 is 0.906 bits per heavy atom. The van der Waals surface area contributed by atoms with Crippen LogP contribution in [0.15, 0.2) is 60.7 Å². The molecule has 7 nitrogen and oxygen atoms in total. The molecule has 0 radical (unpaired) electrons. The van der Waals surface area contributed by atoms with Crippen LogP contribution in [0.1, 0.15) is 31.4 Å². The number of amides is 2. The molecule has 0 aliphatic rings. The van der Waals surface area contributed by atoms with E-state index in [4.69, 9.17) is 4.74 Å². The molecule has 0 aliphatic heterocycles. The molecule has 0 heterocycles. The van der Waals surface area contributed by atoms with Crippen LogP contribution in [0.4, 0.5) is 4.79 Å². The predicted molar refractivity (Wildman–Crippen MR) is 125 cm³/mol. The van der Waals surface area contributed by atoms with Gasteiger partial charge < -0.3 is 20.5 Å².